The predicted molar refractivity (Wildman–Crippen MR) is 25.3 cm³/mol. The molecular formula is H3AlCaO5P. The zero-order chi connectivity index (χ0) is 4.28. The summed E-state index contributed by atoms with van der Waals surface area (Å²) in [5.74, 6) is 0. The van der Waals surface area contributed by atoms with Gasteiger partial charge in [0.15, 0.2) is 0 Å². The van der Waals surface area contributed by atoms with E-state index >= 15 is 0 Å². The minimum atomic E-state index is -2.90. The first-order chi connectivity index (χ1) is 2.27. The van der Waals surface area contributed by atoms with Gasteiger partial charge in [-0.2, -0.15) is 0 Å². The fourth-order valence-electron chi connectivity index (χ4n) is 0. The minimum absolute atomic E-state index is 0. The van der Waals surface area contributed by atoms with Gasteiger partial charge in [-0.15, -0.1) is 0 Å². The molecule has 0 aliphatic carbocycles. The number of hydrogen-bond acceptors (Lipinski definition) is 4. The average Bonchev–Trinajstić information content (AvgIpc) is 1.38. The van der Waals surface area contributed by atoms with E-state index in [1.807, 2.05) is 0 Å². The maximum absolute atomic E-state index is 8.98. The van der Waals surface area contributed by atoms with Crippen LogP contribution in [0.15, 0.2) is 0 Å². The van der Waals surface area contributed by atoms with Crippen LogP contribution in [0.2, 0.25) is 0 Å². The molecule has 8 heteroatoms. The van der Waals surface area contributed by atoms with Crippen molar-refractivity contribution in [1.29, 1.82) is 0 Å². The first kappa shape index (κ1) is 22.5. The Kier molecular flexibility index (Phi) is 45.0. The normalized spacial score (nSPS) is 9.38. The molecule has 0 aromatic rings. The number of hydrogen-bond donors (Lipinski definition) is 1. The van der Waals surface area contributed by atoms with Crippen molar-refractivity contribution in [2.75, 3.05) is 0 Å². The van der Waals surface area contributed by atoms with E-state index in [-0.39, 0.29) is 60.6 Å². The Morgan fingerprint density at radius 2 is 1.62 bits per heavy atom. The van der Waals surface area contributed by atoms with Gasteiger partial charge in [-0.3, -0.25) is 0 Å². The molecule has 5 nitrogen and oxygen atoms in total. The summed E-state index contributed by atoms with van der Waals surface area (Å²) in [6, 6.07) is 0. The molecule has 0 heterocycles. The van der Waals surface area contributed by atoms with Crippen molar-refractivity contribution in [3.05, 3.63) is 0 Å². The minimum Gasteiger partial charge on any atom is -0.787 e. The number of rotatable bonds is 1. The molecule has 0 bridgehead atoms. The molecule has 0 aromatic heterocycles. The Labute approximate surface area is 88.0 Å². The summed E-state index contributed by atoms with van der Waals surface area (Å²) in [5.41, 5.74) is 0. The Balaban J connectivity index is -0.0000000267. The van der Waals surface area contributed by atoms with E-state index in [1.165, 1.54) is 0 Å². The summed E-state index contributed by atoms with van der Waals surface area (Å²) < 4.78 is 2.56. The van der Waals surface area contributed by atoms with Gasteiger partial charge in [-0.25, -0.2) is 0 Å². The van der Waals surface area contributed by atoms with Crippen LogP contribution in [0.5, 0.6) is 0 Å². The molecule has 0 fully saturated rings. The van der Waals surface area contributed by atoms with E-state index in [4.69, 9.17) is 15.0 Å². The van der Waals surface area contributed by atoms with Crippen LogP contribution in [0.1, 0.15) is 0 Å². The summed E-state index contributed by atoms with van der Waals surface area (Å²) in [7, 11) is -2.90. The van der Waals surface area contributed by atoms with Crippen LogP contribution < -0.4 is 10.2 Å². The molecule has 0 saturated heterocycles. The average molecular weight is 181 g/mol. The molecule has 1 unspecified atom stereocenters. The fraction of sp³-hybridized carbons (Fsp3) is 0. The van der Waals surface area contributed by atoms with Gasteiger partial charge in [-0.05, 0) is 0 Å². The predicted octanol–water partition coefficient (Wildman–Crippen LogP) is -3.73. The van der Waals surface area contributed by atoms with E-state index in [1.54, 1.807) is 0 Å². The Morgan fingerprint density at radius 3 is 1.62 bits per heavy atom. The zero-order valence-electron chi connectivity index (χ0n) is 3.90. The molecular weight excluding hydrogens is 178 g/mol. The molecule has 3 N–H and O–H groups in total. The van der Waals surface area contributed by atoms with Crippen molar-refractivity contribution in [3.63, 3.8) is 0 Å². The largest absolute Gasteiger partial charge is 2.00 e. The van der Waals surface area contributed by atoms with Crippen molar-refractivity contribution in [1.82, 2.24) is 0 Å². The van der Waals surface area contributed by atoms with Crippen LogP contribution in [0.3, 0.4) is 0 Å². The van der Waals surface area contributed by atoms with E-state index in [0.717, 1.165) is 0 Å². The van der Waals surface area contributed by atoms with E-state index in [9.17, 15) is 0 Å². The molecule has 1 atom stereocenters. The third-order valence-electron chi connectivity index (χ3n) is 0.0638. The quantitative estimate of drug-likeness (QED) is 0.194. The summed E-state index contributed by atoms with van der Waals surface area (Å²) in [6.07, 6.45) is 0. The van der Waals surface area contributed by atoms with Gasteiger partial charge in [0.1, 0.15) is 0 Å². The van der Waals surface area contributed by atoms with Crippen molar-refractivity contribution in [3.8, 4) is 0 Å². The summed E-state index contributed by atoms with van der Waals surface area (Å²) in [4.78, 5) is 16.3. The molecule has 0 spiro atoms. The molecule has 3 radical (unpaired) electrons. The van der Waals surface area contributed by atoms with Gasteiger partial charge in [0.05, 0.1) is 8.60 Å². The zero-order valence-corrected chi connectivity index (χ0v) is 8.16. The topological polar surface area (TPSA) is 107 Å². The Bertz CT molecular complexity index is 26.4. The molecule has 8 heavy (non-hydrogen) atoms. The first-order valence-electron chi connectivity index (χ1n) is 0.732. The maximum atomic E-state index is 8.98. The summed E-state index contributed by atoms with van der Waals surface area (Å²) in [5, 5.41) is 8.60. The first-order valence-corrected chi connectivity index (χ1v) is 1.86. The van der Waals surface area contributed by atoms with Gasteiger partial charge < -0.3 is 25.2 Å². The second-order valence-corrected chi connectivity index (χ2v) is 0.937. The molecule has 0 saturated carbocycles. The van der Waals surface area contributed by atoms with E-state index in [0.29, 0.717) is 0 Å². The Morgan fingerprint density at radius 1 is 1.50 bits per heavy atom. The smallest absolute Gasteiger partial charge is 0.787 e. The van der Waals surface area contributed by atoms with Crippen molar-refractivity contribution >= 4 is 63.7 Å². The summed E-state index contributed by atoms with van der Waals surface area (Å²) in [6.45, 7) is 0. The van der Waals surface area contributed by atoms with Gasteiger partial charge in [0.2, 0.25) is 0 Å². The van der Waals surface area contributed by atoms with Gasteiger partial charge in [0.25, 0.3) is 0 Å². The SMILES string of the molecule is O.[Al].[Ca+2].[O-]OP([O-])O. The van der Waals surface area contributed by atoms with Crippen LogP contribution in [-0.4, -0.2) is 65.5 Å². The van der Waals surface area contributed by atoms with Gasteiger partial charge in [0, 0.05) is 17.4 Å². The molecule has 43 valence electrons. The third-order valence-corrected chi connectivity index (χ3v) is 0.191. The van der Waals surface area contributed by atoms with E-state index < -0.39 is 8.60 Å². The van der Waals surface area contributed by atoms with Crippen LogP contribution >= 0.6 is 8.60 Å². The standard InChI is InChI=1S/Al.Ca.H2O4P.H2O/c;;1-4-5(2)3;/h;;1-2H;1H2/q;+2;-1;/p-1. The van der Waals surface area contributed by atoms with Crippen molar-refractivity contribution in [2.24, 2.45) is 0 Å². The van der Waals surface area contributed by atoms with E-state index in [2.05, 4.69) is 4.67 Å². The van der Waals surface area contributed by atoms with Crippen LogP contribution in [-0.2, 0) is 4.67 Å². The van der Waals surface area contributed by atoms with Crippen LogP contribution in [0, 0.1) is 0 Å². The third kappa shape index (κ3) is 24.5. The second-order valence-electron chi connectivity index (χ2n) is 0.312. The second kappa shape index (κ2) is 16.0. The molecule has 0 amide bonds. The molecule has 0 aliphatic rings. The molecule has 0 rings (SSSR count). The Hall–Kier alpha value is 2.02. The fourth-order valence-corrected chi connectivity index (χ4v) is 0. The molecule has 0 aromatic carbocycles. The molecule has 0 aliphatic heterocycles. The van der Waals surface area contributed by atoms with Gasteiger partial charge >= 0.3 is 37.7 Å². The summed E-state index contributed by atoms with van der Waals surface area (Å²) >= 11 is 0. The van der Waals surface area contributed by atoms with Crippen LogP contribution in [0.25, 0.3) is 0 Å². The van der Waals surface area contributed by atoms with Crippen molar-refractivity contribution < 1.29 is 25.2 Å². The van der Waals surface area contributed by atoms with Crippen LogP contribution in [0.4, 0.5) is 0 Å². The van der Waals surface area contributed by atoms with Gasteiger partial charge in [-0.1, -0.05) is 0 Å². The monoisotopic (exact) mass is 181 g/mol. The van der Waals surface area contributed by atoms with Crippen molar-refractivity contribution in [2.45, 2.75) is 0 Å². The maximum Gasteiger partial charge on any atom is 2.00 e.